The quantitative estimate of drug-likeness (QED) is 0.736. The maximum absolute atomic E-state index is 10.9. The van der Waals surface area contributed by atoms with Crippen LogP contribution in [0, 0.1) is 0 Å². The number of rotatable bonds is 6. The number of aldehydes is 1. The van der Waals surface area contributed by atoms with E-state index in [2.05, 4.69) is 0 Å². The van der Waals surface area contributed by atoms with Crippen LogP contribution in [0.1, 0.15) is 17.3 Å². The van der Waals surface area contributed by atoms with Gasteiger partial charge in [0.2, 0.25) is 0 Å². The highest BCUT2D eigenvalue weighted by Crippen LogP contribution is 2.33. The van der Waals surface area contributed by atoms with E-state index < -0.39 is 0 Å². The Morgan fingerprint density at radius 1 is 1.41 bits per heavy atom. The first kappa shape index (κ1) is 13.8. The van der Waals surface area contributed by atoms with E-state index in [1.807, 2.05) is 6.92 Å². The van der Waals surface area contributed by atoms with Gasteiger partial charge in [0.25, 0.3) is 0 Å². The van der Waals surface area contributed by atoms with Crippen molar-refractivity contribution in [2.45, 2.75) is 13.0 Å². The molecule has 0 saturated carbocycles. The maximum Gasteiger partial charge on any atom is 0.171 e. The number of carbonyl (C=O) groups is 1. The van der Waals surface area contributed by atoms with Crippen LogP contribution < -0.4 is 9.47 Å². The van der Waals surface area contributed by atoms with Crippen LogP contribution in [0.15, 0.2) is 12.1 Å². The second-order valence-corrected chi connectivity index (χ2v) is 3.94. The lowest BCUT2D eigenvalue weighted by Gasteiger charge is -2.15. The van der Waals surface area contributed by atoms with Crippen LogP contribution in [0.3, 0.4) is 0 Å². The van der Waals surface area contributed by atoms with Crippen molar-refractivity contribution in [1.29, 1.82) is 0 Å². The van der Waals surface area contributed by atoms with Crippen LogP contribution in [0.25, 0.3) is 0 Å². The molecule has 0 spiro atoms. The molecule has 1 aromatic carbocycles. The molecule has 0 aliphatic heterocycles. The monoisotopic (exact) mass is 258 g/mol. The Bertz CT molecular complexity index is 392. The number of hydrogen-bond acceptors (Lipinski definition) is 4. The largest absolute Gasteiger partial charge is 0.493 e. The fourth-order valence-electron chi connectivity index (χ4n) is 1.25. The highest BCUT2D eigenvalue weighted by Gasteiger charge is 2.13. The van der Waals surface area contributed by atoms with Gasteiger partial charge < -0.3 is 14.2 Å². The van der Waals surface area contributed by atoms with E-state index in [1.54, 1.807) is 13.2 Å². The average molecular weight is 259 g/mol. The van der Waals surface area contributed by atoms with E-state index in [-0.39, 0.29) is 6.10 Å². The molecule has 1 unspecified atom stereocenters. The number of halogens is 1. The van der Waals surface area contributed by atoms with Crippen molar-refractivity contribution < 1.29 is 19.0 Å². The van der Waals surface area contributed by atoms with Gasteiger partial charge in [-0.15, -0.1) is 0 Å². The van der Waals surface area contributed by atoms with Crippen molar-refractivity contribution in [3.8, 4) is 11.5 Å². The molecule has 5 heteroatoms. The Hall–Kier alpha value is -1.26. The molecule has 0 aromatic heterocycles. The molecule has 0 amide bonds. The molecule has 0 saturated heterocycles. The molecule has 1 rings (SSSR count). The minimum Gasteiger partial charge on any atom is -0.493 e. The summed E-state index contributed by atoms with van der Waals surface area (Å²) in [6.07, 6.45) is 0.608. The maximum atomic E-state index is 10.9. The Balaban J connectivity index is 2.98. The summed E-state index contributed by atoms with van der Waals surface area (Å²) >= 11 is 5.85. The zero-order valence-electron chi connectivity index (χ0n) is 10.0. The topological polar surface area (TPSA) is 44.8 Å². The van der Waals surface area contributed by atoms with E-state index in [0.29, 0.717) is 35.0 Å². The van der Waals surface area contributed by atoms with Gasteiger partial charge >= 0.3 is 0 Å². The lowest BCUT2D eigenvalue weighted by atomic mass is 10.2. The average Bonchev–Trinajstić information content (AvgIpc) is 2.35. The summed E-state index contributed by atoms with van der Waals surface area (Å²) in [7, 11) is 3.08. The SMILES string of the molecule is COc1cc(Cl)cc(C=O)c1OCC(C)OC. The smallest absolute Gasteiger partial charge is 0.171 e. The van der Waals surface area contributed by atoms with E-state index in [9.17, 15) is 4.79 Å². The summed E-state index contributed by atoms with van der Waals surface area (Å²) < 4.78 is 15.7. The molecule has 17 heavy (non-hydrogen) atoms. The first-order chi connectivity index (χ1) is 8.12. The molecule has 0 bridgehead atoms. The first-order valence-corrected chi connectivity index (χ1v) is 5.48. The van der Waals surface area contributed by atoms with Gasteiger partial charge in [0.05, 0.1) is 18.8 Å². The molecule has 0 aliphatic rings. The van der Waals surface area contributed by atoms with E-state index in [1.165, 1.54) is 13.2 Å². The van der Waals surface area contributed by atoms with E-state index in [0.717, 1.165) is 0 Å². The Kier molecular flexibility index (Phi) is 5.25. The molecule has 0 radical (unpaired) electrons. The zero-order valence-corrected chi connectivity index (χ0v) is 10.8. The molecule has 0 aliphatic carbocycles. The van der Waals surface area contributed by atoms with Crippen molar-refractivity contribution in [2.75, 3.05) is 20.8 Å². The summed E-state index contributed by atoms with van der Waals surface area (Å²) in [5, 5.41) is 0.427. The summed E-state index contributed by atoms with van der Waals surface area (Å²) in [6, 6.07) is 3.13. The van der Waals surface area contributed by atoms with Crippen molar-refractivity contribution in [1.82, 2.24) is 0 Å². The van der Waals surface area contributed by atoms with Gasteiger partial charge in [0.15, 0.2) is 17.8 Å². The summed E-state index contributed by atoms with van der Waals surface area (Å²) in [5.74, 6) is 0.818. The number of hydrogen-bond donors (Lipinski definition) is 0. The molecular weight excluding hydrogens is 244 g/mol. The second kappa shape index (κ2) is 6.47. The summed E-state index contributed by atoms with van der Waals surface area (Å²) in [4.78, 5) is 10.9. The number of ether oxygens (including phenoxy) is 3. The number of carbonyl (C=O) groups excluding carboxylic acids is 1. The predicted molar refractivity (Wildman–Crippen MR) is 65.4 cm³/mol. The molecule has 94 valence electrons. The highest BCUT2D eigenvalue weighted by atomic mass is 35.5. The molecular formula is C12H15ClO4. The third-order valence-electron chi connectivity index (χ3n) is 2.26. The minimum absolute atomic E-state index is 0.0742. The van der Waals surface area contributed by atoms with Crippen LogP contribution in [-0.4, -0.2) is 33.2 Å². The normalized spacial score (nSPS) is 12.0. The summed E-state index contributed by atoms with van der Waals surface area (Å²) in [6.45, 7) is 2.19. The third kappa shape index (κ3) is 3.61. The lowest BCUT2D eigenvalue weighted by molar-refractivity contribution is 0.0700. The van der Waals surface area contributed by atoms with Crippen LogP contribution in [-0.2, 0) is 4.74 Å². The van der Waals surface area contributed by atoms with Crippen LogP contribution >= 0.6 is 11.6 Å². The Morgan fingerprint density at radius 3 is 2.65 bits per heavy atom. The molecule has 1 aromatic rings. The highest BCUT2D eigenvalue weighted by molar-refractivity contribution is 6.31. The molecule has 0 fully saturated rings. The van der Waals surface area contributed by atoms with Gasteiger partial charge in [-0.05, 0) is 13.0 Å². The Morgan fingerprint density at radius 2 is 2.12 bits per heavy atom. The minimum atomic E-state index is -0.0742. The van der Waals surface area contributed by atoms with Gasteiger partial charge in [-0.3, -0.25) is 4.79 Å². The van der Waals surface area contributed by atoms with Crippen LogP contribution in [0.5, 0.6) is 11.5 Å². The van der Waals surface area contributed by atoms with Crippen molar-refractivity contribution in [2.24, 2.45) is 0 Å². The van der Waals surface area contributed by atoms with E-state index >= 15 is 0 Å². The fraction of sp³-hybridized carbons (Fsp3) is 0.417. The van der Waals surface area contributed by atoms with Crippen LogP contribution in [0.2, 0.25) is 5.02 Å². The zero-order chi connectivity index (χ0) is 12.8. The molecule has 0 N–H and O–H groups in total. The fourth-order valence-corrected chi connectivity index (χ4v) is 1.47. The van der Waals surface area contributed by atoms with Gasteiger partial charge in [-0.1, -0.05) is 11.6 Å². The molecule has 0 heterocycles. The first-order valence-electron chi connectivity index (χ1n) is 5.10. The Labute approximate surface area is 105 Å². The predicted octanol–water partition coefficient (Wildman–Crippen LogP) is 2.57. The lowest BCUT2D eigenvalue weighted by Crippen LogP contribution is -2.17. The standard InChI is InChI=1S/C12H15ClO4/c1-8(15-2)7-17-12-9(6-14)4-10(13)5-11(12)16-3/h4-6,8H,7H2,1-3H3. The van der Waals surface area contributed by atoms with Gasteiger partial charge in [-0.2, -0.15) is 0 Å². The third-order valence-corrected chi connectivity index (χ3v) is 2.48. The van der Waals surface area contributed by atoms with Gasteiger partial charge in [0, 0.05) is 18.2 Å². The number of benzene rings is 1. The number of methoxy groups -OCH3 is 2. The van der Waals surface area contributed by atoms with Crippen molar-refractivity contribution in [3.05, 3.63) is 22.7 Å². The van der Waals surface area contributed by atoms with Crippen molar-refractivity contribution in [3.63, 3.8) is 0 Å². The van der Waals surface area contributed by atoms with E-state index in [4.69, 9.17) is 25.8 Å². The molecule has 1 atom stereocenters. The van der Waals surface area contributed by atoms with Crippen LogP contribution in [0.4, 0.5) is 0 Å². The van der Waals surface area contributed by atoms with Crippen molar-refractivity contribution >= 4 is 17.9 Å². The van der Waals surface area contributed by atoms with Gasteiger partial charge in [0.1, 0.15) is 6.61 Å². The van der Waals surface area contributed by atoms with Gasteiger partial charge in [-0.25, -0.2) is 0 Å². The second-order valence-electron chi connectivity index (χ2n) is 3.50. The molecule has 4 nitrogen and oxygen atoms in total. The summed E-state index contributed by atoms with van der Waals surface area (Å²) in [5.41, 5.74) is 0.359.